The Morgan fingerprint density at radius 3 is 2.80 bits per heavy atom. The predicted molar refractivity (Wildman–Crippen MR) is 102 cm³/mol. The van der Waals surface area contributed by atoms with Crippen molar-refractivity contribution in [2.45, 2.75) is 19.3 Å². The van der Waals surface area contributed by atoms with Crippen LogP contribution in [0.15, 0.2) is 53.0 Å². The molecule has 1 atom stereocenters. The van der Waals surface area contributed by atoms with Crippen LogP contribution < -0.4 is 9.80 Å². The average Bonchev–Trinajstić information content (AvgIpc) is 3.02. The van der Waals surface area contributed by atoms with Crippen molar-refractivity contribution in [3.05, 3.63) is 58.6 Å². The van der Waals surface area contributed by atoms with Gasteiger partial charge in [-0.05, 0) is 42.7 Å². The van der Waals surface area contributed by atoms with Crippen LogP contribution in [0.5, 0.6) is 0 Å². The summed E-state index contributed by atoms with van der Waals surface area (Å²) >= 11 is 3.44. The van der Waals surface area contributed by atoms with E-state index in [1.54, 1.807) is 4.90 Å². The topological polar surface area (TPSA) is 40.6 Å². The van der Waals surface area contributed by atoms with Crippen LogP contribution in [-0.2, 0) is 16.0 Å². The first-order valence-corrected chi connectivity index (χ1v) is 9.38. The summed E-state index contributed by atoms with van der Waals surface area (Å²) in [6, 6.07) is 15.7. The summed E-state index contributed by atoms with van der Waals surface area (Å²) in [7, 11) is 0. The summed E-state index contributed by atoms with van der Waals surface area (Å²) in [4.78, 5) is 29.2. The van der Waals surface area contributed by atoms with E-state index >= 15 is 0 Å². The minimum absolute atomic E-state index is 0.0155. The number of para-hydroxylation sites is 1. The van der Waals surface area contributed by atoms with E-state index < -0.39 is 0 Å². The van der Waals surface area contributed by atoms with E-state index in [0.717, 1.165) is 35.2 Å². The molecule has 0 radical (unpaired) electrons. The molecule has 0 aliphatic carbocycles. The lowest BCUT2D eigenvalue weighted by Gasteiger charge is -2.31. The van der Waals surface area contributed by atoms with Crippen molar-refractivity contribution in [2.24, 2.45) is 5.92 Å². The number of amides is 2. The third-order valence-electron chi connectivity index (χ3n) is 4.97. The average molecular weight is 399 g/mol. The van der Waals surface area contributed by atoms with Gasteiger partial charge in [-0.1, -0.05) is 40.2 Å². The molecule has 0 N–H and O–H groups in total. The number of carbonyl (C=O) groups is 2. The highest BCUT2D eigenvalue weighted by Gasteiger charge is 2.38. The standard InChI is InChI=1S/C20H19BrN2O2/c21-16-7-3-8-17(12-16)23-13-15(11-19(23)24)20(25)22-10-4-6-14-5-1-2-9-18(14)22/h1-3,5,7-9,12,15H,4,6,10-11,13H2. The van der Waals surface area contributed by atoms with Gasteiger partial charge in [-0.3, -0.25) is 9.59 Å². The van der Waals surface area contributed by atoms with Gasteiger partial charge in [0.25, 0.3) is 0 Å². The van der Waals surface area contributed by atoms with Crippen LogP contribution >= 0.6 is 15.9 Å². The zero-order chi connectivity index (χ0) is 17.4. The maximum absolute atomic E-state index is 13.1. The third-order valence-corrected chi connectivity index (χ3v) is 5.46. The Bertz CT molecular complexity index is 836. The van der Waals surface area contributed by atoms with E-state index in [0.29, 0.717) is 6.54 Å². The molecular weight excluding hydrogens is 380 g/mol. The number of fused-ring (bicyclic) bond motifs is 1. The molecule has 1 fully saturated rings. The molecule has 2 aromatic rings. The Morgan fingerprint density at radius 2 is 1.96 bits per heavy atom. The van der Waals surface area contributed by atoms with Crippen molar-refractivity contribution in [2.75, 3.05) is 22.9 Å². The molecule has 0 saturated carbocycles. The zero-order valence-electron chi connectivity index (χ0n) is 13.8. The van der Waals surface area contributed by atoms with Gasteiger partial charge < -0.3 is 9.80 Å². The van der Waals surface area contributed by atoms with Gasteiger partial charge in [-0.25, -0.2) is 0 Å². The van der Waals surface area contributed by atoms with Gasteiger partial charge in [0.2, 0.25) is 11.8 Å². The van der Waals surface area contributed by atoms with Crippen LogP contribution in [0.4, 0.5) is 11.4 Å². The molecule has 4 nitrogen and oxygen atoms in total. The first kappa shape index (κ1) is 16.3. The lowest BCUT2D eigenvalue weighted by atomic mass is 9.99. The van der Waals surface area contributed by atoms with Crippen LogP contribution in [-0.4, -0.2) is 24.9 Å². The lowest BCUT2D eigenvalue weighted by molar-refractivity contribution is -0.124. The molecule has 0 aromatic heterocycles. The number of aryl methyl sites for hydroxylation is 1. The number of benzene rings is 2. The molecular formula is C20H19BrN2O2. The summed E-state index contributed by atoms with van der Waals surface area (Å²) in [6.45, 7) is 1.18. The quantitative estimate of drug-likeness (QED) is 0.771. The number of carbonyl (C=O) groups excluding carboxylic acids is 2. The molecule has 2 heterocycles. The first-order chi connectivity index (χ1) is 12.1. The summed E-state index contributed by atoms with van der Waals surface area (Å²) in [5.41, 5.74) is 3.07. The molecule has 1 saturated heterocycles. The molecule has 0 spiro atoms. The fraction of sp³-hybridized carbons (Fsp3) is 0.300. The van der Waals surface area contributed by atoms with E-state index in [-0.39, 0.29) is 24.2 Å². The Labute approximate surface area is 155 Å². The lowest BCUT2D eigenvalue weighted by Crippen LogP contribution is -2.40. The molecule has 0 bridgehead atoms. The molecule has 128 valence electrons. The number of nitrogens with zero attached hydrogens (tertiary/aromatic N) is 2. The Kier molecular flexibility index (Phi) is 4.34. The Balaban J connectivity index is 1.56. The first-order valence-electron chi connectivity index (χ1n) is 8.59. The van der Waals surface area contributed by atoms with Crippen LogP contribution in [0.1, 0.15) is 18.4 Å². The summed E-state index contributed by atoms with van der Waals surface area (Å²) in [6.07, 6.45) is 2.26. The maximum atomic E-state index is 13.1. The van der Waals surface area contributed by atoms with Crippen molar-refractivity contribution >= 4 is 39.1 Å². The second-order valence-corrected chi connectivity index (χ2v) is 7.52. The highest BCUT2D eigenvalue weighted by molar-refractivity contribution is 9.10. The van der Waals surface area contributed by atoms with Crippen LogP contribution in [0.3, 0.4) is 0 Å². The van der Waals surface area contributed by atoms with Crippen LogP contribution in [0.2, 0.25) is 0 Å². The fourth-order valence-electron chi connectivity index (χ4n) is 3.75. The van der Waals surface area contributed by atoms with E-state index in [9.17, 15) is 9.59 Å². The molecule has 4 rings (SSSR count). The van der Waals surface area contributed by atoms with Crippen molar-refractivity contribution in [1.82, 2.24) is 0 Å². The number of hydrogen-bond donors (Lipinski definition) is 0. The van der Waals surface area contributed by atoms with Gasteiger partial charge in [0.1, 0.15) is 0 Å². The smallest absolute Gasteiger partial charge is 0.232 e. The van der Waals surface area contributed by atoms with Gasteiger partial charge in [0, 0.05) is 35.4 Å². The van der Waals surface area contributed by atoms with Gasteiger partial charge in [0.05, 0.1) is 5.92 Å². The van der Waals surface area contributed by atoms with Gasteiger partial charge >= 0.3 is 0 Å². The maximum Gasteiger partial charge on any atom is 0.232 e. The third kappa shape index (κ3) is 3.09. The van der Waals surface area contributed by atoms with Crippen molar-refractivity contribution in [3.8, 4) is 0 Å². The minimum Gasteiger partial charge on any atom is -0.312 e. The molecule has 2 amide bonds. The van der Waals surface area contributed by atoms with Crippen LogP contribution in [0, 0.1) is 5.92 Å². The predicted octanol–water partition coefficient (Wildman–Crippen LogP) is 3.78. The molecule has 25 heavy (non-hydrogen) atoms. The second-order valence-electron chi connectivity index (χ2n) is 6.61. The van der Waals surface area contributed by atoms with E-state index in [4.69, 9.17) is 0 Å². The van der Waals surface area contributed by atoms with Crippen molar-refractivity contribution in [3.63, 3.8) is 0 Å². The number of rotatable bonds is 2. The number of anilines is 2. The van der Waals surface area contributed by atoms with E-state index in [1.807, 2.05) is 47.4 Å². The van der Waals surface area contributed by atoms with E-state index in [1.165, 1.54) is 5.56 Å². The molecule has 2 aromatic carbocycles. The summed E-state index contributed by atoms with van der Waals surface area (Å²) in [5.74, 6) is -0.197. The monoisotopic (exact) mass is 398 g/mol. The molecule has 5 heteroatoms. The number of halogens is 1. The molecule has 1 unspecified atom stereocenters. The number of hydrogen-bond acceptors (Lipinski definition) is 2. The molecule has 2 aliphatic heterocycles. The largest absolute Gasteiger partial charge is 0.312 e. The molecule has 2 aliphatic rings. The normalized spacial score (nSPS) is 19.9. The van der Waals surface area contributed by atoms with Gasteiger partial charge in [-0.15, -0.1) is 0 Å². The summed E-state index contributed by atoms with van der Waals surface area (Å²) in [5, 5.41) is 0. The Morgan fingerprint density at radius 1 is 1.12 bits per heavy atom. The van der Waals surface area contributed by atoms with E-state index in [2.05, 4.69) is 22.0 Å². The minimum atomic E-state index is -0.280. The fourth-order valence-corrected chi connectivity index (χ4v) is 4.14. The Hall–Kier alpha value is -2.14. The second kappa shape index (κ2) is 6.64. The van der Waals surface area contributed by atoms with Gasteiger partial charge in [0.15, 0.2) is 0 Å². The van der Waals surface area contributed by atoms with Gasteiger partial charge in [-0.2, -0.15) is 0 Å². The highest BCUT2D eigenvalue weighted by Crippen LogP contribution is 2.32. The highest BCUT2D eigenvalue weighted by atomic mass is 79.9. The van der Waals surface area contributed by atoms with Crippen LogP contribution in [0.25, 0.3) is 0 Å². The SMILES string of the molecule is O=C1CC(C(=O)N2CCCc3ccccc32)CN1c1cccc(Br)c1. The summed E-state index contributed by atoms with van der Waals surface area (Å²) < 4.78 is 0.928. The van der Waals surface area contributed by atoms with Crippen molar-refractivity contribution < 1.29 is 9.59 Å². The van der Waals surface area contributed by atoms with Crippen molar-refractivity contribution in [1.29, 1.82) is 0 Å². The zero-order valence-corrected chi connectivity index (χ0v) is 15.4.